The summed E-state index contributed by atoms with van der Waals surface area (Å²) < 4.78 is 13.2. The van der Waals surface area contributed by atoms with Crippen LogP contribution in [-0.4, -0.2) is 22.8 Å². The monoisotopic (exact) mass is 423 g/mol. The molecule has 0 aliphatic rings. The maximum absolute atomic E-state index is 13.2. The predicted molar refractivity (Wildman–Crippen MR) is 125 cm³/mol. The minimum Gasteiger partial charge on any atom is -0.480 e. The van der Waals surface area contributed by atoms with Gasteiger partial charge in [0.25, 0.3) is 0 Å². The lowest BCUT2D eigenvalue weighted by molar-refractivity contribution is -0.138. The van der Waals surface area contributed by atoms with Crippen molar-refractivity contribution >= 4 is 11.7 Å². The second-order valence-electron chi connectivity index (χ2n) is 7.47. The van der Waals surface area contributed by atoms with Crippen molar-refractivity contribution in [2.24, 2.45) is 4.99 Å². The minimum atomic E-state index is -0.975. The van der Waals surface area contributed by atoms with Crippen molar-refractivity contribution in [1.29, 1.82) is 0 Å². The Hall–Kier alpha value is -4.05. The van der Waals surface area contributed by atoms with Crippen molar-refractivity contribution in [2.75, 3.05) is 0 Å². The fraction of sp³-hybridized carbons (Fsp3) is 0.0714. The average Bonchev–Trinajstić information content (AvgIpc) is 2.83. The van der Waals surface area contributed by atoms with Crippen LogP contribution in [0.3, 0.4) is 0 Å². The quantitative estimate of drug-likeness (QED) is 0.369. The van der Waals surface area contributed by atoms with Crippen LogP contribution in [0.15, 0.2) is 114 Å². The lowest BCUT2D eigenvalue weighted by Gasteiger charge is -2.13. The first-order chi connectivity index (χ1) is 15.6. The number of nitrogens with zero attached hydrogens (tertiary/aromatic N) is 1. The zero-order chi connectivity index (χ0) is 22.3. The number of carbonyl (C=O) groups is 1. The third kappa shape index (κ3) is 5.16. The van der Waals surface area contributed by atoms with Gasteiger partial charge in [0.2, 0.25) is 0 Å². The first-order valence-electron chi connectivity index (χ1n) is 10.4. The summed E-state index contributed by atoms with van der Waals surface area (Å²) in [6.07, 6.45) is 0.266. The number of carboxylic acids is 1. The molecule has 0 saturated carbocycles. The van der Waals surface area contributed by atoms with Crippen LogP contribution in [0.1, 0.15) is 16.7 Å². The summed E-state index contributed by atoms with van der Waals surface area (Å²) >= 11 is 0. The third-order valence-corrected chi connectivity index (χ3v) is 5.22. The van der Waals surface area contributed by atoms with Crippen LogP contribution in [0, 0.1) is 5.82 Å². The Morgan fingerprint density at radius 2 is 1.19 bits per heavy atom. The fourth-order valence-corrected chi connectivity index (χ4v) is 3.55. The van der Waals surface area contributed by atoms with Gasteiger partial charge in [-0.25, -0.2) is 9.18 Å². The molecule has 1 unspecified atom stereocenters. The van der Waals surface area contributed by atoms with Crippen LogP contribution in [0.2, 0.25) is 0 Å². The van der Waals surface area contributed by atoms with Crippen LogP contribution in [-0.2, 0) is 11.2 Å². The molecule has 0 aliphatic carbocycles. The number of rotatable bonds is 7. The molecule has 1 atom stereocenters. The number of aliphatic carboxylic acids is 1. The summed E-state index contributed by atoms with van der Waals surface area (Å²) in [7, 11) is 0. The Kier molecular flexibility index (Phi) is 6.52. The lowest BCUT2D eigenvalue weighted by atomic mass is 9.99. The molecule has 0 bridgehead atoms. The zero-order valence-electron chi connectivity index (χ0n) is 17.4. The fourth-order valence-electron chi connectivity index (χ4n) is 3.55. The number of benzene rings is 4. The molecular weight excluding hydrogens is 401 g/mol. The highest BCUT2D eigenvalue weighted by Crippen LogP contribution is 2.21. The van der Waals surface area contributed by atoms with Gasteiger partial charge < -0.3 is 5.11 Å². The van der Waals surface area contributed by atoms with Crippen LogP contribution >= 0.6 is 0 Å². The van der Waals surface area contributed by atoms with Gasteiger partial charge in [-0.05, 0) is 28.8 Å². The van der Waals surface area contributed by atoms with Crippen molar-refractivity contribution in [1.82, 2.24) is 0 Å². The van der Waals surface area contributed by atoms with E-state index in [-0.39, 0.29) is 12.2 Å². The second-order valence-corrected chi connectivity index (χ2v) is 7.47. The number of aliphatic imine (C=N–C) groups is 1. The van der Waals surface area contributed by atoms with E-state index in [2.05, 4.69) is 4.99 Å². The summed E-state index contributed by atoms with van der Waals surface area (Å²) in [5.74, 6) is -1.25. The van der Waals surface area contributed by atoms with Gasteiger partial charge in [0, 0.05) is 17.5 Å². The van der Waals surface area contributed by atoms with Crippen molar-refractivity contribution in [3.05, 3.63) is 132 Å². The van der Waals surface area contributed by atoms with Crippen molar-refractivity contribution in [3.63, 3.8) is 0 Å². The molecule has 32 heavy (non-hydrogen) atoms. The molecule has 0 radical (unpaired) electrons. The first-order valence-corrected chi connectivity index (χ1v) is 10.4. The predicted octanol–water partition coefficient (Wildman–Crippen LogP) is 6.03. The summed E-state index contributed by atoms with van der Waals surface area (Å²) in [4.78, 5) is 16.8. The Balaban J connectivity index is 1.63. The van der Waals surface area contributed by atoms with Crippen LogP contribution in [0.5, 0.6) is 0 Å². The van der Waals surface area contributed by atoms with Gasteiger partial charge in [0.05, 0.1) is 5.71 Å². The molecule has 0 saturated heterocycles. The van der Waals surface area contributed by atoms with Crippen molar-refractivity contribution < 1.29 is 14.3 Å². The molecule has 4 heteroatoms. The standard InChI is InChI=1S/C28H22FNO2/c29-25-17-15-22(16-18-25)21-13-11-20(12-14-21)19-26(28(31)32)30-27(23-7-3-1-4-8-23)24-9-5-2-6-10-24/h1-18,26H,19H2,(H,31,32). The van der Waals surface area contributed by atoms with Crippen LogP contribution in [0.4, 0.5) is 4.39 Å². The molecule has 0 aliphatic heterocycles. The minimum absolute atomic E-state index is 0.266. The number of hydrogen-bond acceptors (Lipinski definition) is 2. The SMILES string of the molecule is O=C(O)C(Cc1ccc(-c2ccc(F)cc2)cc1)N=C(c1ccccc1)c1ccccc1. The maximum Gasteiger partial charge on any atom is 0.328 e. The number of hydrogen-bond donors (Lipinski definition) is 1. The van der Waals surface area contributed by atoms with Gasteiger partial charge in [0.15, 0.2) is 6.04 Å². The molecule has 0 aromatic heterocycles. The largest absolute Gasteiger partial charge is 0.480 e. The molecule has 1 N–H and O–H groups in total. The van der Waals surface area contributed by atoms with E-state index >= 15 is 0 Å². The van der Waals surface area contributed by atoms with Gasteiger partial charge in [0.1, 0.15) is 5.82 Å². The molecule has 4 aromatic rings. The molecular formula is C28H22FNO2. The van der Waals surface area contributed by atoms with Crippen LogP contribution in [0.25, 0.3) is 11.1 Å². The molecule has 4 rings (SSSR count). The first kappa shape index (κ1) is 21.2. The van der Waals surface area contributed by atoms with Gasteiger partial charge in [-0.15, -0.1) is 0 Å². The van der Waals surface area contributed by atoms with E-state index in [0.29, 0.717) is 5.71 Å². The highest BCUT2D eigenvalue weighted by molar-refractivity contribution is 6.13. The molecule has 3 nitrogen and oxygen atoms in total. The summed E-state index contributed by atoms with van der Waals surface area (Å²) in [6.45, 7) is 0. The molecule has 0 heterocycles. The molecule has 4 aromatic carbocycles. The van der Waals surface area contributed by atoms with Crippen molar-refractivity contribution in [2.45, 2.75) is 12.5 Å². The van der Waals surface area contributed by atoms with E-state index in [1.54, 1.807) is 12.1 Å². The highest BCUT2D eigenvalue weighted by atomic mass is 19.1. The Bertz CT molecular complexity index is 1160. The van der Waals surface area contributed by atoms with Crippen LogP contribution < -0.4 is 0 Å². The molecule has 0 fully saturated rings. The van der Waals surface area contributed by atoms with E-state index in [0.717, 1.165) is 27.8 Å². The van der Waals surface area contributed by atoms with E-state index in [1.807, 2.05) is 84.9 Å². The van der Waals surface area contributed by atoms with Gasteiger partial charge in [-0.3, -0.25) is 4.99 Å². The average molecular weight is 423 g/mol. The second kappa shape index (κ2) is 9.84. The van der Waals surface area contributed by atoms with E-state index in [4.69, 9.17) is 0 Å². The smallest absolute Gasteiger partial charge is 0.328 e. The van der Waals surface area contributed by atoms with Gasteiger partial charge >= 0.3 is 5.97 Å². The van der Waals surface area contributed by atoms with Crippen molar-refractivity contribution in [3.8, 4) is 11.1 Å². The topological polar surface area (TPSA) is 49.7 Å². The summed E-state index contributed by atoms with van der Waals surface area (Å²) in [5, 5.41) is 9.89. The lowest BCUT2D eigenvalue weighted by Crippen LogP contribution is -2.23. The van der Waals surface area contributed by atoms with Gasteiger partial charge in [-0.1, -0.05) is 97.1 Å². The summed E-state index contributed by atoms with van der Waals surface area (Å²) in [6, 6.07) is 32.2. The Labute approximate surface area is 186 Å². The highest BCUT2D eigenvalue weighted by Gasteiger charge is 2.19. The van der Waals surface area contributed by atoms with E-state index < -0.39 is 12.0 Å². The van der Waals surface area contributed by atoms with E-state index in [9.17, 15) is 14.3 Å². The normalized spacial score (nSPS) is 11.5. The molecule has 0 amide bonds. The Morgan fingerprint density at radius 3 is 1.66 bits per heavy atom. The summed E-state index contributed by atoms with van der Waals surface area (Å²) in [5.41, 5.74) is 5.11. The third-order valence-electron chi connectivity index (χ3n) is 5.22. The molecule has 158 valence electrons. The number of halogens is 1. The number of carboxylic acid groups (broad SMARTS) is 1. The van der Waals surface area contributed by atoms with Gasteiger partial charge in [-0.2, -0.15) is 0 Å². The molecule has 0 spiro atoms. The zero-order valence-corrected chi connectivity index (χ0v) is 17.4. The maximum atomic E-state index is 13.2. The Morgan fingerprint density at radius 1 is 0.719 bits per heavy atom. The van der Waals surface area contributed by atoms with E-state index in [1.165, 1.54) is 12.1 Å².